The second kappa shape index (κ2) is 6.06. The van der Waals surface area contributed by atoms with Gasteiger partial charge in [0.25, 0.3) is 0 Å². The molecule has 0 radical (unpaired) electrons. The summed E-state index contributed by atoms with van der Waals surface area (Å²) in [6.07, 6.45) is -6.97. The van der Waals surface area contributed by atoms with Gasteiger partial charge < -0.3 is 9.47 Å². The van der Waals surface area contributed by atoms with Crippen LogP contribution in [0.1, 0.15) is 51.4 Å². The normalized spacial score (nSPS) is 32.7. The molecule has 24 heavy (non-hydrogen) atoms. The van der Waals surface area contributed by atoms with Crippen LogP contribution < -0.4 is 0 Å². The summed E-state index contributed by atoms with van der Waals surface area (Å²) in [7, 11) is 1.01. The molecule has 1 aliphatic rings. The van der Waals surface area contributed by atoms with Crippen molar-refractivity contribution in [2.24, 2.45) is 0 Å². The molecule has 0 N–H and O–H groups in total. The van der Waals surface area contributed by atoms with E-state index in [9.17, 15) is 0 Å². The van der Waals surface area contributed by atoms with Gasteiger partial charge in [-0.3, -0.25) is 4.98 Å². The molecule has 0 bridgehead atoms. The Morgan fingerprint density at radius 2 is 2.29 bits per heavy atom. The van der Waals surface area contributed by atoms with Crippen LogP contribution in [-0.4, -0.2) is 28.0 Å². The van der Waals surface area contributed by atoms with E-state index in [1.807, 2.05) is 0 Å². The molecular weight excluding hydrogens is 294 g/mol. The molecule has 0 saturated carbocycles. The number of benzene rings is 1. The fraction of sp³-hybridized carbons (Fsp3) is 0.381. The van der Waals surface area contributed by atoms with Gasteiger partial charge in [-0.1, -0.05) is 17.6 Å². The lowest BCUT2D eigenvalue weighted by molar-refractivity contribution is 0.309. The molecule has 0 spiro atoms. The van der Waals surface area contributed by atoms with Gasteiger partial charge >= 0.3 is 0 Å². The van der Waals surface area contributed by atoms with E-state index in [0.717, 1.165) is 11.6 Å². The van der Waals surface area contributed by atoms with E-state index < -0.39 is 104 Å². The average molecular weight is 337 g/mol. The monoisotopic (exact) mass is 336 g/mol. The molecule has 0 fully saturated rings. The summed E-state index contributed by atoms with van der Waals surface area (Å²) in [6, 6.07) is -3.45. The Balaban J connectivity index is 2.16. The largest absolute Gasteiger partial charge is 0.344 e. The molecule has 1 aromatic carbocycles. The fourth-order valence-electron chi connectivity index (χ4n) is 2.50. The van der Waals surface area contributed by atoms with Crippen molar-refractivity contribution in [3.63, 3.8) is 0 Å². The van der Waals surface area contributed by atoms with Crippen molar-refractivity contribution < 1.29 is 23.3 Å². The molecule has 3 heterocycles. The van der Waals surface area contributed by atoms with Crippen molar-refractivity contribution in [2.45, 2.75) is 39.6 Å². The van der Waals surface area contributed by atoms with Gasteiger partial charge in [-0.25, -0.2) is 0 Å². The number of pyridine rings is 1. The van der Waals surface area contributed by atoms with E-state index in [1.165, 1.54) is 6.92 Å². The van der Waals surface area contributed by atoms with Gasteiger partial charge in [0, 0.05) is 69.5 Å². The Kier molecular flexibility index (Phi) is 1.37. The van der Waals surface area contributed by atoms with Gasteiger partial charge in [0.05, 0.1) is 8.22 Å². The van der Waals surface area contributed by atoms with Crippen molar-refractivity contribution in [1.29, 1.82) is 0 Å². The third-order valence-corrected chi connectivity index (χ3v) is 3.57. The summed E-state index contributed by atoms with van der Waals surface area (Å²) in [5.41, 5.74) is -3.44. The first-order valence-corrected chi connectivity index (χ1v) is 7.21. The smallest absolute Gasteiger partial charge is 0.0843 e. The summed E-state index contributed by atoms with van der Waals surface area (Å²) >= 11 is 0. The number of hydrogen-bond acceptors (Lipinski definition) is 2. The van der Waals surface area contributed by atoms with Crippen LogP contribution in [0.15, 0.2) is 36.4 Å². The van der Waals surface area contributed by atoms with Crippen LogP contribution in [0.4, 0.5) is 0 Å². The number of likely N-dealkylation sites (N-methyl/N-ethyl adjacent to an activating group) is 1. The zero-order valence-electron chi connectivity index (χ0n) is 30.0. The van der Waals surface area contributed by atoms with Crippen LogP contribution in [0.25, 0.3) is 10.9 Å². The van der Waals surface area contributed by atoms with E-state index in [0.29, 0.717) is 4.90 Å². The maximum Gasteiger partial charge on any atom is 0.0843 e. The fourth-order valence-corrected chi connectivity index (χ4v) is 2.50. The molecule has 3 heteroatoms. The summed E-state index contributed by atoms with van der Waals surface area (Å²) in [5.74, 6) is 0. The van der Waals surface area contributed by atoms with Gasteiger partial charge in [0.2, 0.25) is 0 Å². The van der Waals surface area contributed by atoms with Crippen LogP contribution in [-0.2, 0) is 25.8 Å². The van der Waals surface area contributed by atoms with Gasteiger partial charge in [-0.05, 0) is 56.5 Å². The molecule has 0 atom stereocenters. The first-order valence-electron chi connectivity index (χ1n) is 15.7. The van der Waals surface area contributed by atoms with Gasteiger partial charge in [0.15, 0.2) is 0 Å². The third-order valence-electron chi connectivity index (χ3n) is 3.57. The summed E-state index contributed by atoms with van der Waals surface area (Å²) in [4.78, 5) is 4.04. The number of rotatable bonds is 3. The molecule has 4 rings (SSSR count). The summed E-state index contributed by atoms with van der Waals surface area (Å²) in [6.45, 7) is -8.53. The number of aryl methyl sites for hydroxylation is 2. The highest BCUT2D eigenvalue weighted by Crippen LogP contribution is 2.31. The van der Waals surface area contributed by atoms with Crippen LogP contribution >= 0.6 is 0 Å². The van der Waals surface area contributed by atoms with Crippen LogP contribution in [0.5, 0.6) is 0 Å². The molecule has 124 valence electrons. The second-order valence-corrected chi connectivity index (χ2v) is 5.31. The van der Waals surface area contributed by atoms with E-state index in [4.69, 9.17) is 23.3 Å². The van der Waals surface area contributed by atoms with Crippen molar-refractivity contribution >= 4 is 10.9 Å². The Hall–Kier alpha value is -2.13. The van der Waals surface area contributed by atoms with Crippen molar-refractivity contribution in [2.75, 3.05) is 13.5 Å². The Bertz CT molecular complexity index is 1600. The lowest BCUT2D eigenvalue weighted by Crippen LogP contribution is -2.27. The van der Waals surface area contributed by atoms with Crippen molar-refractivity contribution in [3.05, 3.63) is 64.5 Å². The van der Waals surface area contributed by atoms with Crippen LogP contribution in [0.2, 0.25) is 0 Å². The van der Waals surface area contributed by atoms with Gasteiger partial charge in [-0.2, -0.15) is 0 Å². The summed E-state index contributed by atoms with van der Waals surface area (Å²) in [5, 5.41) is -0.320. The maximum atomic E-state index is 8.79. The molecule has 0 saturated heterocycles. The predicted molar refractivity (Wildman–Crippen MR) is 99.4 cm³/mol. The highest BCUT2D eigenvalue weighted by molar-refractivity contribution is 5.86. The SMILES string of the molecule is [2H]c1nc(C([2H])([2H])[2H])c([2H])c([2H])c1C([2H])([2H])Cn1c2c(c3c([2H])c(C)c([2H])c([2H])c31)C([2H])([2H])N(C)C([2H])([2H])C2([2H])[2H]. The van der Waals surface area contributed by atoms with Gasteiger partial charge in [-0.15, -0.1) is 0 Å². The predicted octanol–water partition coefficient (Wildman–Crippen LogP) is 3.88. The molecule has 1 aliphatic heterocycles. The number of aromatic nitrogens is 2. The maximum absolute atomic E-state index is 8.79. The van der Waals surface area contributed by atoms with Crippen LogP contribution in [0.3, 0.4) is 0 Å². The first kappa shape index (κ1) is 5.43. The quantitative estimate of drug-likeness (QED) is 0.723. The highest BCUT2D eigenvalue weighted by Gasteiger charge is 2.22. The first-order chi connectivity index (χ1) is 18.3. The second-order valence-electron chi connectivity index (χ2n) is 5.31. The molecule has 0 amide bonds. The standard InChI is InChI=1S/C21H25N3/c1-15-4-7-20-18(12-15)19-14-23(3)10-9-21(19)24(20)11-8-17-6-5-16(2)22-13-17/h4-7,12-13H,8-11,14H2,1-3H3/i2D3,4D,5D,6D,7D,8D2,9D2,10D2,12D,13D,14D2. The van der Waals surface area contributed by atoms with E-state index >= 15 is 0 Å². The molecular formula is C21H25N3. The average Bonchev–Trinajstić information content (AvgIpc) is 3.17. The Labute approximate surface area is 167 Å². The molecule has 3 nitrogen and oxygen atoms in total. The molecule has 0 unspecified atom stereocenters. The van der Waals surface area contributed by atoms with Gasteiger partial charge in [0.1, 0.15) is 0 Å². The number of nitrogens with zero attached hydrogens (tertiary/aromatic N) is 3. The lowest BCUT2D eigenvalue weighted by atomic mass is 10.0. The van der Waals surface area contributed by atoms with Crippen molar-refractivity contribution in [1.82, 2.24) is 14.5 Å². The number of hydrogen-bond donors (Lipinski definition) is 0. The van der Waals surface area contributed by atoms with E-state index in [-0.39, 0.29) is 10.9 Å². The number of fused-ring (bicyclic) bond motifs is 3. The highest BCUT2D eigenvalue weighted by atomic mass is 15.1. The van der Waals surface area contributed by atoms with E-state index in [1.54, 1.807) is 0 Å². The van der Waals surface area contributed by atoms with E-state index in [2.05, 4.69) is 4.98 Å². The zero-order chi connectivity index (χ0) is 31.6. The minimum atomic E-state index is -3.08. The minimum Gasteiger partial charge on any atom is -0.344 e. The Morgan fingerprint density at radius 1 is 1.38 bits per heavy atom. The minimum absolute atomic E-state index is 0.0387. The topological polar surface area (TPSA) is 21.1 Å². The third kappa shape index (κ3) is 2.73. The molecule has 2 aromatic heterocycles. The lowest BCUT2D eigenvalue weighted by Gasteiger charge is -2.24. The van der Waals surface area contributed by atoms with Crippen LogP contribution in [0, 0.1) is 13.8 Å². The molecule has 0 aliphatic carbocycles. The summed E-state index contributed by atoms with van der Waals surface area (Å²) < 4.78 is 143. The molecule has 3 aromatic rings. The van der Waals surface area contributed by atoms with Crippen molar-refractivity contribution in [3.8, 4) is 0 Å². The Morgan fingerprint density at radius 3 is 3.17 bits per heavy atom. The zero-order valence-corrected chi connectivity index (χ0v) is 13.0.